The minimum Gasteiger partial charge on any atom is -0.355 e. The summed E-state index contributed by atoms with van der Waals surface area (Å²) < 4.78 is 29.3. The number of amides is 2. The molecular weight excluding hydrogens is 613 g/mol. The highest BCUT2D eigenvalue weighted by molar-refractivity contribution is 9.10. The van der Waals surface area contributed by atoms with Crippen molar-refractivity contribution in [1.29, 1.82) is 0 Å². The summed E-state index contributed by atoms with van der Waals surface area (Å²) in [6.07, 6.45) is 0.295. The van der Waals surface area contributed by atoms with Gasteiger partial charge in [-0.3, -0.25) is 13.9 Å². The standard InChI is InChI=1S/C27H28BrCl2N3O4S/c1-3-25(27(35)31-4-2)32(17-22-23(29)11-8-12-24(22)30)26(34)18-33(20-15-13-19(28)14-16-20)38(36,37)21-9-6-5-7-10-21/h5-16,25H,3-4,17-18H2,1-2H3,(H,31,35)/t25-/m1/s1. The molecule has 0 radical (unpaired) electrons. The van der Waals surface area contributed by atoms with Gasteiger partial charge in [-0.15, -0.1) is 0 Å². The average Bonchev–Trinajstić information content (AvgIpc) is 2.90. The molecule has 1 atom stereocenters. The Hall–Kier alpha value is -2.59. The molecule has 0 saturated carbocycles. The summed E-state index contributed by atoms with van der Waals surface area (Å²) >= 11 is 16.2. The molecule has 2 amide bonds. The molecule has 202 valence electrons. The summed E-state index contributed by atoms with van der Waals surface area (Å²) in [5, 5.41) is 3.43. The second-order valence-electron chi connectivity index (χ2n) is 8.34. The van der Waals surface area contributed by atoms with E-state index in [1.165, 1.54) is 17.0 Å². The molecule has 1 N–H and O–H groups in total. The molecule has 0 aliphatic rings. The van der Waals surface area contributed by atoms with Gasteiger partial charge in [-0.05, 0) is 61.9 Å². The first-order chi connectivity index (χ1) is 18.1. The summed E-state index contributed by atoms with van der Waals surface area (Å²) in [7, 11) is -4.13. The van der Waals surface area contributed by atoms with Gasteiger partial charge in [0, 0.05) is 33.2 Å². The third kappa shape index (κ3) is 7.08. The zero-order chi connectivity index (χ0) is 27.9. The topological polar surface area (TPSA) is 86.8 Å². The average molecular weight is 641 g/mol. The first-order valence-corrected chi connectivity index (χ1v) is 14.9. The van der Waals surface area contributed by atoms with Crippen LogP contribution in [0.2, 0.25) is 10.0 Å². The van der Waals surface area contributed by atoms with E-state index in [2.05, 4.69) is 21.2 Å². The number of halogens is 3. The molecule has 11 heteroatoms. The zero-order valence-electron chi connectivity index (χ0n) is 20.9. The predicted octanol–water partition coefficient (Wildman–Crippen LogP) is 5.89. The first-order valence-electron chi connectivity index (χ1n) is 11.9. The van der Waals surface area contributed by atoms with Crippen LogP contribution in [-0.4, -0.2) is 44.3 Å². The van der Waals surface area contributed by atoms with Crippen LogP contribution in [0.4, 0.5) is 5.69 Å². The van der Waals surface area contributed by atoms with Crippen molar-refractivity contribution in [2.75, 3.05) is 17.4 Å². The van der Waals surface area contributed by atoms with Gasteiger partial charge in [-0.2, -0.15) is 0 Å². The van der Waals surface area contributed by atoms with Gasteiger partial charge in [0.05, 0.1) is 10.6 Å². The largest absolute Gasteiger partial charge is 0.355 e. The van der Waals surface area contributed by atoms with Crippen molar-refractivity contribution < 1.29 is 18.0 Å². The molecule has 0 spiro atoms. The number of rotatable bonds is 11. The summed E-state index contributed by atoms with van der Waals surface area (Å²) in [5.74, 6) is -0.936. The van der Waals surface area contributed by atoms with Crippen LogP contribution in [-0.2, 0) is 26.2 Å². The van der Waals surface area contributed by atoms with Gasteiger partial charge in [-0.1, -0.05) is 70.3 Å². The van der Waals surface area contributed by atoms with Crippen LogP contribution in [0.5, 0.6) is 0 Å². The molecule has 3 aromatic rings. The minimum absolute atomic E-state index is 0.0344. The summed E-state index contributed by atoms with van der Waals surface area (Å²) in [6, 6.07) is 18.6. The van der Waals surface area contributed by atoms with Crippen LogP contribution < -0.4 is 9.62 Å². The Bertz CT molecular complexity index is 1350. The van der Waals surface area contributed by atoms with E-state index in [0.29, 0.717) is 34.3 Å². The van der Waals surface area contributed by atoms with Crippen LogP contribution in [0.25, 0.3) is 0 Å². The SMILES string of the molecule is CCNC(=O)[C@@H](CC)N(Cc1c(Cl)cccc1Cl)C(=O)CN(c1ccc(Br)cc1)S(=O)(=O)c1ccccc1. The number of sulfonamides is 1. The van der Waals surface area contributed by atoms with E-state index in [1.54, 1.807) is 74.5 Å². The van der Waals surface area contributed by atoms with Gasteiger partial charge in [0.2, 0.25) is 11.8 Å². The number of hydrogen-bond acceptors (Lipinski definition) is 4. The molecule has 0 aliphatic carbocycles. The Morgan fingerprint density at radius 3 is 2.08 bits per heavy atom. The van der Waals surface area contributed by atoms with Gasteiger partial charge >= 0.3 is 0 Å². The molecule has 0 saturated heterocycles. The van der Waals surface area contributed by atoms with Crippen LogP contribution in [0.3, 0.4) is 0 Å². The molecule has 0 bridgehead atoms. The fourth-order valence-electron chi connectivity index (χ4n) is 3.92. The Labute approximate surface area is 241 Å². The Morgan fingerprint density at radius 1 is 0.921 bits per heavy atom. The Balaban J connectivity index is 2.08. The van der Waals surface area contributed by atoms with Crippen molar-refractivity contribution in [2.24, 2.45) is 0 Å². The second kappa shape index (κ2) is 13.5. The maximum absolute atomic E-state index is 14.0. The number of benzene rings is 3. The van der Waals surface area contributed by atoms with Crippen LogP contribution in [0, 0.1) is 0 Å². The van der Waals surface area contributed by atoms with Crippen molar-refractivity contribution in [3.05, 3.63) is 92.9 Å². The normalized spacial score (nSPS) is 12.0. The number of nitrogens with zero attached hydrogens (tertiary/aromatic N) is 2. The van der Waals surface area contributed by atoms with Crippen molar-refractivity contribution in [2.45, 2.75) is 37.8 Å². The molecule has 0 fully saturated rings. The minimum atomic E-state index is -4.13. The Morgan fingerprint density at radius 2 is 1.53 bits per heavy atom. The lowest BCUT2D eigenvalue weighted by Gasteiger charge is -2.33. The molecule has 0 unspecified atom stereocenters. The zero-order valence-corrected chi connectivity index (χ0v) is 24.8. The lowest BCUT2D eigenvalue weighted by molar-refractivity contribution is -0.140. The van der Waals surface area contributed by atoms with Crippen LogP contribution in [0.1, 0.15) is 25.8 Å². The third-order valence-corrected chi connectivity index (χ3v) is 8.88. The van der Waals surface area contributed by atoms with Crippen molar-refractivity contribution in [3.63, 3.8) is 0 Å². The monoisotopic (exact) mass is 639 g/mol. The highest BCUT2D eigenvalue weighted by atomic mass is 79.9. The van der Waals surface area contributed by atoms with Gasteiger partial charge in [0.25, 0.3) is 10.0 Å². The predicted molar refractivity (Wildman–Crippen MR) is 155 cm³/mol. The number of carbonyl (C=O) groups is 2. The fourth-order valence-corrected chi connectivity index (χ4v) is 6.14. The van der Waals surface area contributed by atoms with E-state index in [0.717, 1.165) is 8.78 Å². The van der Waals surface area contributed by atoms with Gasteiger partial charge in [0.1, 0.15) is 12.6 Å². The fraction of sp³-hybridized carbons (Fsp3) is 0.259. The van der Waals surface area contributed by atoms with Crippen molar-refractivity contribution >= 4 is 66.7 Å². The maximum Gasteiger partial charge on any atom is 0.264 e. The smallest absolute Gasteiger partial charge is 0.264 e. The van der Waals surface area contributed by atoms with Crippen molar-refractivity contribution in [1.82, 2.24) is 10.2 Å². The summed E-state index contributed by atoms with van der Waals surface area (Å²) in [4.78, 5) is 28.3. The Kier molecular flexibility index (Phi) is 10.6. The highest BCUT2D eigenvalue weighted by Gasteiger charge is 2.34. The van der Waals surface area contributed by atoms with Crippen LogP contribution >= 0.6 is 39.1 Å². The molecule has 7 nitrogen and oxygen atoms in total. The highest BCUT2D eigenvalue weighted by Crippen LogP contribution is 2.29. The molecule has 38 heavy (non-hydrogen) atoms. The van der Waals surface area contributed by atoms with E-state index in [-0.39, 0.29) is 17.3 Å². The quantitative estimate of drug-likeness (QED) is 0.283. The summed E-state index contributed by atoms with van der Waals surface area (Å²) in [6.45, 7) is 3.31. The third-order valence-electron chi connectivity index (χ3n) is 5.85. The van der Waals surface area contributed by atoms with Gasteiger partial charge < -0.3 is 10.2 Å². The molecule has 0 aromatic heterocycles. The van der Waals surface area contributed by atoms with E-state index < -0.39 is 28.5 Å². The van der Waals surface area contributed by atoms with Crippen LogP contribution in [0.15, 0.2) is 82.2 Å². The second-order valence-corrected chi connectivity index (χ2v) is 11.9. The van der Waals surface area contributed by atoms with Crippen molar-refractivity contribution in [3.8, 4) is 0 Å². The van der Waals surface area contributed by atoms with E-state index in [9.17, 15) is 18.0 Å². The first kappa shape index (κ1) is 30.0. The number of anilines is 1. The van der Waals surface area contributed by atoms with E-state index in [4.69, 9.17) is 23.2 Å². The number of likely N-dealkylation sites (N-methyl/N-ethyl adjacent to an activating group) is 1. The number of nitrogens with one attached hydrogen (secondary N) is 1. The molecular formula is C27H28BrCl2N3O4S. The molecule has 0 heterocycles. The molecule has 3 aromatic carbocycles. The van der Waals surface area contributed by atoms with E-state index >= 15 is 0 Å². The van der Waals surface area contributed by atoms with Gasteiger partial charge in [-0.25, -0.2) is 8.42 Å². The van der Waals surface area contributed by atoms with Gasteiger partial charge in [0.15, 0.2) is 0 Å². The molecule has 0 aliphatic heterocycles. The number of hydrogen-bond donors (Lipinski definition) is 1. The molecule has 3 rings (SSSR count). The summed E-state index contributed by atoms with van der Waals surface area (Å²) in [5.41, 5.74) is 0.764. The van der Waals surface area contributed by atoms with E-state index in [1.807, 2.05) is 0 Å². The lowest BCUT2D eigenvalue weighted by Crippen LogP contribution is -2.52. The maximum atomic E-state index is 14.0. The number of carbonyl (C=O) groups excluding carboxylic acids is 2. The lowest BCUT2D eigenvalue weighted by atomic mass is 10.1.